The molecule has 3 aromatic carbocycles. The molecule has 0 heterocycles. The molecule has 3 rings (SSSR count). The molecule has 34 heavy (non-hydrogen) atoms. The number of nitrogens with one attached hydrogen (secondary N) is 4. The molecule has 0 saturated carbocycles. The zero-order chi connectivity index (χ0) is 24.3. The average molecular weight is 479 g/mol. The van der Waals surface area contributed by atoms with Crippen LogP contribution in [0.3, 0.4) is 0 Å². The van der Waals surface area contributed by atoms with E-state index in [1.807, 2.05) is 37.3 Å². The van der Waals surface area contributed by atoms with Gasteiger partial charge in [0.25, 0.3) is 5.91 Å². The summed E-state index contributed by atoms with van der Waals surface area (Å²) in [5, 5.41) is 11.9. The molecule has 0 fully saturated rings. The van der Waals surface area contributed by atoms with Gasteiger partial charge in [-0.1, -0.05) is 48.9 Å². The fourth-order valence-corrected chi connectivity index (χ4v) is 3.34. The largest absolute Gasteiger partial charge is 0.375 e. The lowest BCUT2D eigenvalue weighted by Gasteiger charge is -2.12. The van der Waals surface area contributed by atoms with Crippen LogP contribution in [0.2, 0.25) is 5.02 Å². The minimum atomic E-state index is -0.280. The summed E-state index contributed by atoms with van der Waals surface area (Å²) in [6, 6.07) is 21.4. The Morgan fingerprint density at radius 2 is 1.50 bits per heavy atom. The van der Waals surface area contributed by atoms with Crippen LogP contribution in [0.1, 0.15) is 35.7 Å². The maximum Gasteiger partial charge on any atom is 0.251 e. The summed E-state index contributed by atoms with van der Waals surface area (Å²) >= 11 is 6.20. The SMILES string of the molecule is CCCC(=O)Nc1ccc(Cl)c(NCC(=O)Nc2ccc(C(=O)NCc3ccccc3)cc2)c1. The molecule has 0 spiro atoms. The highest BCUT2D eigenvalue weighted by Gasteiger charge is 2.09. The van der Waals surface area contributed by atoms with Gasteiger partial charge < -0.3 is 21.3 Å². The van der Waals surface area contributed by atoms with Gasteiger partial charge in [0.1, 0.15) is 0 Å². The highest BCUT2D eigenvalue weighted by molar-refractivity contribution is 6.33. The Bertz CT molecular complexity index is 1130. The van der Waals surface area contributed by atoms with Crippen molar-refractivity contribution in [3.63, 3.8) is 0 Å². The molecule has 0 aromatic heterocycles. The third kappa shape index (κ3) is 7.64. The molecular weight excluding hydrogens is 452 g/mol. The molecule has 4 N–H and O–H groups in total. The van der Waals surface area contributed by atoms with Gasteiger partial charge in [-0.3, -0.25) is 14.4 Å². The van der Waals surface area contributed by atoms with Crippen LogP contribution >= 0.6 is 11.6 Å². The first kappa shape index (κ1) is 24.8. The van der Waals surface area contributed by atoms with Crippen LogP contribution in [0.15, 0.2) is 72.8 Å². The number of anilines is 3. The molecule has 0 aliphatic rings. The second-order valence-electron chi connectivity index (χ2n) is 7.64. The van der Waals surface area contributed by atoms with E-state index >= 15 is 0 Å². The van der Waals surface area contributed by atoms with Gasteiger partial charge in [-0.05, 0) is 54.4 Å². The first-order valence-electron chi connectivity index (χ1n) is 11.0. The highest BCUT2D eigenvalue weighted by atomic mass is 35.5. The second kappa shape index (κ2) is 12.4. The summed E-state index contributed by atoms with van der Waals surface area (Å²) in [4.78, 5) is 36.5. The smallest absolute Gasteiger partial charge is 0.251 e. The van der Waals surface area contributed by atoms with E-state index in [4.69, 9.17) is 11.6 Å². The van der Waals surface area contributed by atoms with Crippen molar-refractivity contribution >= 4 is 46.4 Å². The number of benzene rings is 3. The van der Waals surface area contributed by atoms with Crippen LogP contribution in [0.5, 0.6) is 0 Å². The lowest BCUT2D eigenvalue weighted by atomic mass is 10.1. The van der Waals surface area contributed by atoms with Crippen LogP contribution < -0.4 is 21.3 Å². The van der Waals surface area contributed by atoms with Gasteiger partial charge in [0.05, 0.1) is 17.3 Å². The van der Waals surface area contributed by atoms with Gasteiger partial charge in [-0.15, -0.1) is 0 Å². The number of carbonyl (C=O) groups excluding carboxylic acids is 3. The van der Waals surface area contributed by atoms with Crippen molar-refractivity contribution in [2.24, 2.45) is 0 Å². The third-order valence-electron chi connectivity index (χ3n) is 4.89. The van der Waals surface area contributed by atoms with E-state index in [2.05, 4.69) is 21.3 Å². The van der Waals surface area contributed by atoms with E-state index in [9.17, 15) is 14.4 Å². The highest BCUT2D eigenvalue weighted by Crippen LogP contribution is 2.25. The Hall–Kier alpha value is -3.84. The summed E-state index contributed by atoms with van der Waals surface area (Å²) in [5.41, 5.74) is 3.23. The lowest BCUT2D eigenvalue weighted by molar-refractivity contribution is -0.116. The molecule has 0 unspecified atom stereocenters. The van der Waals surface area contributed by atoms with Crippen LogP contribution in [0.25, 0.3) is 0 Å². The topological polar surface area (TPSA) is 99.3 Å². The third-order valence-corrected chi connectivity index (χ3v) is 5.22. The molecule has 0 aliphatic carbocycles. The van der Waals surface area contributed by atoms with Crippen molar-refractivity contribution in [3.05, 3.63) is 88.9 Å². The summed E-state index contributed by atoms with van der Waals surface area (Å²) in [5.74, 6) is -0.549. The van der Waals surface area contributed by atoms with Gasteiger partial charge in [0.2, 0.25) is 11.8 Å². The first-order valence-corrected chi connectivity index (χ1v) is 11.4. The van der Waals surface area contributed by atoms with Crippen LogP contribution in [0, 0.1) is 0 Å². The van der Waals surface area contributed by atoms with Gasteiger partial charge >= 0.3 is 0 Å². The molecule has 0 bridgehead atoms. The number of halogens is 1. The number of carbonyl (C=O) groups is 3. The van der Waals surface area contributed by atoms with Gasteiger partial charge in [-0.25, -0.2) is 0 Å². The van der Waals surface area contributed by atoms with Gasteiger partial charge in [0.15, 0.2) is 0 Å². The van der Waals surface area contributed by atoms with Crippen LogP contribution in [-0.4, -0.2) is 24.3 Å². The van der Waals surface area contributed by atoms with Crippen molar-refractivity contribution in [1.82, 2.24) is 5.32 Å². The molecule has 7 nitrogen and oxygen atoms in total. The normalized spacial score (nSPS) is 10.3. The molecule has 3 amide bonds. The van der Waals surface area contributed by atoms with Crippen LogP contribution in [0.4, 0.5) is 17.1 Å². The van der Waals surface area contributed by atoms with Gasteiger partial charge in [0, 0.05) is 29.9 Å². The molecule has 0 radical (unpaired) electrons. The predicted octanol–water partition coefficient (Wildman–Crippen LogP) is 5.06. The van der Waals surface area contributed by atoms with E-state index in [1.165, 1.54) is 0 Å². The molecule has 0 aliphatic heterocycles. The van der Waals surface area contributed by atoms with Crippen molar-refractivity contribution in [1.29, 1.82) is 0 Å². The minimum Gasteiger partial charge on any atom is -0.375 e. The quantitative estimate of drug-likeness (QED) is 0.327. The number of hydrogen-bond acceptors (Lipinski definition) is 4. The van der Waals surface area contributed by atoms with Crippen molar-refractivity contribution in [2.45, 2.75) is 26.3 Å². The van der Waals surface area contributed by atoms with Crippen LogP contribution in [-0.2, 0) is 16.1 Å². The minimum absolute atomic E-state index is 0.0224. The van der Waals surface area contributed by atoms with Crippen molar-refractivity contribution in [3.8, 4) is 0 Å². The summed E-state index contributed by atoms with van der Waals surface area (Å²) in [6.07, 6.45) is 1.19. The van der Waals surface area contributed by atoms with Crippen molar-refractivity contribution in [2.75, 3.05) is 22.5 Å². The van der Waals surface area contributed by atoms with E-state index in [0.29, 0.717) is 40.6 Å². The molecule has 3 aromatic rings. The Labute approximate surface area is 203 Å². The maximum atomic E-state index is 12.4. The van der Waals surface area contributed by atoms with E-state index in [0.717, 1.165) is 12.0 Å². The lowest BCUT2D eigenvalue weighted by Crippen LogP contribution is -2.23. The molecule has 176 valence electrons. The summed E-state index contributed by atoms with van der Waals surface area (Å²) < 4.78 is 0. The van der Waals surface area contributed by atoms with E-state index in [-0.39, 0.29) is 24.3 Å². The number of hydrogen-bond donors (Lipinski definition) is 4. The van der Waals surface area contributed by atoms with Crippen molar-refractivity contribution < 1.29 is 14.4 Å². The second-order valence-corrected chi connectivity index (χ2v) is 8.05. The average Bonchev–Trinajstić information content (AvgIpc) is 2.84. The van der Waals surface area contributed by atoms with E-state index < -0.39 is 0 Å². The predicted molar refractivity (Wildman–Crippen MR) is 136 cm³/mol. The summed E-state index contributed by atoms with van der Waals surface area (Å²) in [6.45, 7) is 2.35. The Morgan fingerprint density at radius 1 is 0.824 bits per heavy atom. The Kier molecular flexibility index (Phi) is 9.05. The maximum absolute atomic E-state index is 12.4. The number of amides is 3. The Morgan fingerprint density at radius 3 is 2.21 bits per heavy atom. The van der Waals surface area contributed by atoms with Gasteiger partial charge in [-0.2, -0.15) is 0 Å². The first-order chi connectivity index (χ1) is 16.4. The molecule has 8 heteroatoms. The monoisotopic (exact) mass is 478 g/mol. The zero-order valence-corrected chi connectivity index (χ0v) is 19.6. The fraction of sp³-hybridized carbons (Fsp3) is 0.192. The molecule has 0 saturated heterocycles. The fourth-order valence-electron chi connectivity index (χ4n) is 3.15. The summed E-state index contributed by atoms with van der Waals surface area (Å²) in [7, 11) is 0. The Balaban J connectivity index is 1.49. The number of rotatable bonds is 10. The van der Waals surface area contributed by atoms with E-state index in [1.54, 1.807) is 42.5 Å². The standard InChI is InChI=1S/C26H27ClN4O3/c1-2-6-24(32)31-21-13-14-22(27)23(15-21)28-17-25(33)30-20-11-9-19(10-12-20)26(34)29-16-18-7-4-3-5-8-18/h3-5,7-15,28H,2,6,16-17H2,1H3,(H,29,34)(H,30,33)(H,31,32). The zero-order valence-electron chi connectivity index (χ0n) is 18.9. The molecular formula is C26H27ClN4O3. The molecule has 0 atom stereocenters.